The molecule has 5 heteroatoms. The van der Waals surface area contributed by atoms with Crippen molar-refractivity contribution in [2.24, 2.45) is 5.92 Å². The van der Waals surface area contributed by atoms with Crippen molar-refractivity contribution in [2.45, 2.75) is 26.9 Å². The number of ether oxygens (including phenoxy) is 1. The van der Waals surface area contributed by atoms with Gasteiger partial charge in [-0.15, -0.1) is 0 Å². The van der Waals surface area contributed by atoms with Gasteiger partial charge in [0.05, 0.1) is 12.2 Å². The maximum atomic E-state index is 11.7. The van der Waals surface area contributed by atoms with Crippen LogP contribution in [-0.2, 0) is 9.63 Å². The molecule has 1 aromatic rings. The minimum absolute atomic E-state index is 0.329. The number of benzene rings is 1. The molecule has 0 aliphatic heterocycles. The Hall–Kier alpha value is -2.06. The molecule has 0 fully saturated rings. The number of hydrogen-bond donors (Lipinski definition) is 1. The van der Waals surface area contributed by atoms with Crippen LogP contribution in [0.3, 0.4) is 0 Å². The highest BCUT2D eigenvalue weighted by Gasteiger charge is 2.16. The summed E-state index contributed by atoms with van der Waals surface area (Å²) in [4.78, 5) is 16.7. The molecule has 0 heterocycles. The number of rotatable bonds is 6. The standard InChI is InChI=1S/C14H18N2O3/c1-10(2)9-18-16-14(17)11(3)19-13-7-5-4-6-12(13)8-15/h4-7,10-11H,9H2,1-3H3,(H,16,17). The van der Waals surface area contributed by atoms with Crippen molar-refractivity contribution in [3.63, 3.8) is 0 Å². The van der Waals surface area contributed by atoms with Gasteiger partial charge in [-0.2, -0.15) is 5.26 Å². The van der Waals surface area contributed by atoms with E-state index < -0.39 is 6.10 Å². The number of carbonyl (C=O) groups is 1. The number of hydroxylamine groups is 1. The summed E-state index contributed by atoms with van der Waals surface area (Å²) in [6.07, 6.45) is -0.735. The SMILES string of the molecule is CC(C)CONC(=O)C(C)Oc1ccccc1C#N. The predicted octanol–water partition coefficient (Wildman–Crippen LogP) is 2.03. The third kappa shape index (κ3) is 4.98. The lowest BCUT2D eigenvalue weighted by Gasteiger charge is -2.15. The fraction of sp³-hybridized carbons (Fsp3) is 0.429. The maximum Gasteiger partial charge on any atom is 0.284 e. The van der Waals surface area contributed by atoms with E-state index in [2.05, 4.69) is 5.48 Å². The van der Waals surface area contributed by atoms with Crippen LogP contribution in [0.25, 0.3) is 0 Å². The van der Waals surface area contributed by atoms with Crippen molar-refractivity contribution < 1.29 is 14.4 Å². The molecule has 19 heavy (non-hydrogen) atoms. The van der Waals surface area contributed by atoms with Crippen molar-refractivity contribution in [1.29, 1.82) is 5.26 Å². The molecule has 1 unspecified atom stereocenters. The van der Waals surface area contributed by atoms with Gasteiger partial charge in [-0.3, -0.25) is 9.63 Å². The minimum Gasteiger partial charge on any atom is -0.479 e. The number of nitrogens with one attached hydrogen (secondary N) is 1. The van der Waals surface area contributed by atoms with E-state index in [0.29, 0.717) is 23.8 Å². The van der Waals surface area contributed by atoms with E-state index in [0.717, 1.165) is 0 Å². The Kier molecular flexibility index (Phi) is 5.83. The second-order valence-corrected chi connectivity index (χ2v) is 4.54. The maximum absolute atomic E-state index is 11.7. The molecule has 0 radical (unpaired) electrons. The molecule has 1 rings (SSSR count). The third-order valence-electron chi connectivity index (χ3n) is 2.27. The Balaban J connectivity index is 2.52. The molecule has 0 saturated heterocycles. The van der Waals surface area contributed by atoms with Gasteiger partial charge < -0.3 is 4.74 Å². The topological polar surface area (TPSA) is 71.3 Å². The lowest BCUT2D eigenvalue weighted by Crippen LogP contribution is -2.37. The Morgan fingerprint density at radius 2 is 2.05 bits per heavy atom. The lowest BCUT2D eigenvalue weighted by molar-refractivity contribution is -0.140. The first kappa shape index (κ1) is 15.0. The van der Waals surface area contributed by atoms with Crippen LogP contribution in [0.15, 0.2) is 24.3 Å². The number of para-hydroxylation sites is 1. The fourth-order valence-corrected chi connectivity index (χ4v) is 1.27. The lowest BCUT2D eigenvalue weighted by atomic mass is 10.2. The van der Waals surface area contributed by atoms with E-state index in [4.69, 9.17) is 14.8 Å². The normalized spacial score (nSPS) is 11.7. The molecular weight excluding hydrogens is 244 g/mol. The summed E-state index contributed by atoms with van der Waals surface area (Å²) in [6.45, 7) is 6.00. The largest absolute Gasteiger partial charge is 0.479 e. The molecule has 0 spiro atoms. The summed E-state index contributed by atoms with van der Waals surface area (Å²) < 4.78 is 5.44. The molecule has 0 aromatic heterocycles. The van der Waals surface area contributed by atoms with E-state index in [-0.39, 0.29) is 5.91 Å². The fourth-order valence-electron chi connectivity index (χ4n) is 1.27. The monoisotopic (exact) mass is 262 g/mol. The van der Waals surface area contributed by atoms with Gasteiger partial charge in [0, 0.05) is 0 Å². The van der Waals surface area contributed by atoms with E-state index in [9.17, 15) is 4.79 Å². The van der Waals surface area contributed by atoms with Crippen LogP contribution in [0.2, 0.25) is 0 Å². The first-order valence-electron chi connectivity index (χ1n) is 6.12. The van der Waals surface area contributed by atoms with Gasteiger partial charge in [0.1, 0.15) is 11.8 Å². The Bertz CT molecular complexity index is 466. The molecule has 0 aliphatic carbocycles. The van der Waals surface area contributed by atoms with E-state index >= 15 is 0 Å². The molecule has 102 valence electrons. The van der Waals surface area contributed by atoms with Crippen molar-refractivity contribution in [3.8, 4) is 11.8 Å². The average Bonchev–Trinajstić information content (AvgIpc) is 2.38. The van der Waals surface area contributed by atoms with Gasteiger partial charge in [-0.1, -0.05) is 26.0 Å². The highest BCUT2D eigenvalue weighted by molar-refractivity contribution is 5.79. The Labute approximate surface area is 113 Å². The van der Waals surface area contributed by atoms with Crippen LogP contribution >= 0.6 is 0 Å². The quantitative estimate of drug-likeness (QED) is 0.796. The van der Waals surface area contributed by atoms with Crippen LogP contribution in [-0.4, -0.2) is 18.6 Å². The number of amides is 1. The molecular formula is C14H18N2O3. The predicted molar refractivity (Wildman–Crippen MR) is 70.2 cm³/mol. The number of carbonyl (C=O) groups excluding carboxylic acids is 1. The number of nitriles is 1. The van der Waals surface area contributed by atoms with Gasteiger partial charge >= 0.3 is 0 Å². The molecule has 0 saturated carbocycles. The van der Waals surface area contributed by atoms with Crippen LogP contribution in [0.5, 0.6) is 5.75 Å². The van der Waals surface area contributed by atoms with Crippen LogP contribution in [0.1, 0.15) is 26.3 Å². The summed E-state index contributed by atoms with van der Waals surface area (Å²) in [5.74, 6) is 0.334. The van der Waals surface area contributed by atoms with Crippen LogP contribution in [0.4, 0.5) is 0 Å². The van der Waals surface area contributed by atoms with Crippen molar-refractivity contribution in [2.75, 3.05) is 6.61 Å². The Morgan fingerprint density at radius 1 is 1.37 bits per heavy atom. The van der Waals surface area contributed by atoms with Gasteiger partial charge in [-0.25, -0.2) is 5.48 Å². The Morgan fingerprint density at radius 3 is 2.68 bits per heavy atom. The van der Waals surface area contributed by atoms with Gasteiger partial charge in [-0.05, 0) is 25.0 Å². The molecule has 1 atom stereocenters. The zero-order valence-corrected chi connectivity index (χ0v) is 11.3. The number of nitrogens with zero attached hydrogens (tertiary/aromatic N) is 1. The van der Waals surface area contributed by atoms with Gasteiger partial charge in [0.15, 0.2) is 6.10 Å². The summed E-state index contributed by atoms with van der Waals surface area (Å²) in [5, 5.41) is 8.92. The minimum atomic E-state index is -0.735. The first-order chi connectivity index (χ1) is 9.04. The van der Waals surface area contributed by atoms with Gasteiger partial charge in [0.25, 0.3) is 5.91 Å². The van der Waals surface area contributed by atoms with E-state index in [1.54, 1.807) is 31.2 Å². The van der Waals surface area contributed by atoms with Crippen molar-refractivity contribution >= 4 is 5.91 Å². The molecule has 1 aromatic carbocycles. The summed E-state index contributed by atoms with van der Waals surface area (Å²) in [7, 11) is 0. The molecule has 1 amide bonds. The number of hydrogen-bond acceptors (Lipinski definition) is 4. The van der Waals surface area contributed by atoms with Gasteiger partial charge in [0.2, 0.25) is 0 Å². The van der Waals surface area contributed by atoms with Crippen molar-refractivity contribution in [1.82, 2.24) is 5.48 Å². The summed E-state index contributed by atoms with van der Waals surface area (Å²) in [6, 6.07) is 8.78. The van der Waals surface area contributed by atoms with Crippen molar-refractivity contribution in [3.05, 3.63) is 29.8 Å². The second-order valence-electron chi connectivity index (χ2n) is 4.54. The molecule has 5 nitrogen and oxygen atoms in total. The third-order valence-corrected chi connectivity index (χ3v) is 2.27. The van der Waals surface area contributed by atoms with E-state index in [1.165, 1.54) is 0 Å². The average molecular weight is 262 g/mol. The summed E-state index contributed by atoms with van der Waals surface area (Å²) in [5.41, 5.74) is 2.72. The molecule has 0 aliphatic rings. The highest BCUT2D eigenvalue weighted by Crippen LogP contribution is 2.18. The zero-order chi connectivity index (χ0) is 14.3. The van der Waals surface area contributed by atoms with Crippen LogP contribution < -0.4 is 10.2 Å². The second kappa shape index (κ2) is 7.39. The van der Waals surface area contributed by atoms with E-state index in [1.807, 2.05) is 19.9 Å². The first-order valence-corrected chi connectivity index (χ1v) is 6.12. The molecule has 1 N–H and O–H groups in total. The summed E-state index contributed by atoms with van der Waals surface area (Å²) >= 11 is 0. The zero-order valence-electron chi connectivity index (χ0n) is 11.3. The van der Waals surface area contributed by atoms with Crippen LogP contribution in [0, 0.1) is 17.2 Å². The highest BCUT2D eigenvalue weighted by atomic mass is 16.7. The smallest absolute Gasteiger partial charge is 0.284 e. The molecule has 0 bridgehead atoms.